The Balaban J connectivity index is -0.0000000483. The van der Waals surface area contributed by atoms with Crippen LogP contribution in [0.25, 0.3) is 0 Å². The van der Waals surface area contributed by atoms with Crippen LogP contribution in [0.15, 0.2) is 0 Å². The van der Waals surface area contributed by atoms with E-state index in [4.69, 9.17) is 14.7 Å². The quantitative estimate of drug-likeness (QED) is 0.458. The van der Waals surface area contributed by atoms with Crippen molar-refractivity contribution in [2.45, 2.75) is 13.8 Å². The number of carbonyl (C=O) groups is 2. The van der Waals surface area contributed by atoms with E-state index in [1.54, 1.807) is 6.92 Å². The van der Waals surface area contributed by atoms with E-state index in [1.165, 1.54) is 6.92 Å². The molecule has 0 atom stereocenters. The molecule has 0 fully saturated rings. The zero-order chi connectivity index (χ0) is 7.41. The van der Waals surface area contributed by atoms with E-state index in [2.05, 4.69) is 0 Å². The van der Waals surface area contributed by atoms with Gasteiger partial charge >= 0.3 is 0 Å². The van der Waals surface area contributed by atoms with E-state index in [0.29, 0.717) is 0 Å². The van der Waals surface area contributed by atoms with Crippen molar-refractivity contribution >= 4 is 13.1 Å². The highest BCUT2D eigenvalue weighted by Gasteiger charge is 1.34. The van der Waals surface area contributed by atoms with Crippen LogP contribution in [0.1, 0.15) is 13.8 Å². The van der Waals surface area contributed by atoms with E-state index >= 15 is 0 Å². The lowest BCUT2D eigenvalue weighted by atomic mass is 10.9. The molecule has 0 spiro atoms. The minimum Gasteiger partial charge on any atom is -0.397 e. The Bertz CT molecular complexity index is 28.9. The van der Waals surface area contributed by atoms with Gasteiger partial charge < -0.3 is 14.7 Å². The topological polar surface area (TPSA) is 54.4 Å². The summed E-state index contributed by atoms with van der Waals surface area (Å²) in [5.41, 5.74) is 0. The Morgan fingerprint density at radius 3 is 1.62 bits per heavy atom. The standard InChI is InChI=1S/C2H6O.C2H4O.CH2O/c2*1-2-3;1-2/h3H,2H2,1H3;2H,1H3;1H2. The smallest absolute Gasteiger partial charge is 0.116 e. The van der Waals surface area contributed by atoms with Gasteiger partial charge in [-0.25, -0.2) is 0 Å². The number of hydrogen-bond acceptors (Lipinski definition) is 3. The summed E-state index contributed by atoms with van der Waals surface area (Å²) in [6.45, 7) is 5.38. The zero-order valence-corrected chi connectivity index (χ0v) is 5.26. The predicted molar refractivity (Wildman–Crippen MR) is 31.6 cm³/mol. The van der Waals surface area contributed by atoms with Crippen molar-refractivity contribution in [3.8, 4) is 0 Å². The van der Waals surface area contributed by atoms with Gasteiger partial charge in [0.1, 0.15) is 13.1 Å². The Morgan fingerprint density at radius 2 is 1.62 bits per heavy atom. The minimum absolute atomic E-state index is 0.250. The molecular formula is C5H12O3. The van der Waals surface area contributed by atoms with E-state index < -0.39 is 0 Å². The second-order valence-electron chi connectivity index (χ2n) is 0.552. The summed E-state index contributed by atoms with van der Waals surface area (Å²) >= 11 is 0. The molecule has 3 heteroatoms. The van der Waals surface area contributed by atoms with Crippen LogP contribution in [0.5, 0.6) is 0 Å². The van der Waals surface area contributed by atoms with Crippen LogP contribution in [-0.2, 0) is 9.59 Å². The lowest BCUT2D eigenvalue weighted by Gasteiger charge is -1.52. The molecule has 0 saturated carbocycles. The van der Waals surface area contributed by atoms with Gasteiger partial charge in [-0.2, -0.15) is 0 Å². The summed E-state index contributed by atoms with van der Waals surface area (Å²) < 4.78 is 0. The van der Waals surface area contributed by atoms with Crippen molar-refractivity contribution < 1.29 is 14.7 Å². The lowest BCUT2D eigenvalue weighted by Crippen LogP contribution is -1.57. The van der Waals surface area contributed by atoms with Crippen LogP contribution >= 0.6 is 0 Å². The van der Waals surface area contributed by atoms with Gasteiger partial charge in [0.15, 0.2) is 0 Å². The largest absolute Gasteiger partial charge is 0.397 e. The Labute approximate surface area is 49.3 Å². The van der Waals surface area contributed by atoms with Crippen molar-refractivity contribution in [1.82, 2.24) is 0 Å². The number of aldehydes is 1. The molecule has 1 N–H and O–H groups in total. The van der Waals surface area contributed by atoms with Crippen LogP contribution in [0.4, 0.5) is 0 Å². The molecule has 0 aromatic rings. The molecule has 0 aliphatic rings. The van der Waals surface area contributed by atoms with Crippen molar-refractivity contribution in [3.63, 3.8) is 0 Å². The van der Waals surface area contributed by atoms with Crippen molar-refractivity contribution in [3.05, 3.63) is 0 Å². The molecule has 0 aromatic carbocycles. The fraction of sp³-hybridized carbons (Fsp3) is 0.600. The maximum absolute atomic E-state index is 8.81. The number of hydrogen-bond donors (Lipinski definition) is 1. The lowest BCUT2D eigenvalue weighted by molar-refractivity contribution is -0.106. The molecule has 0 aliphatic carbocycles. The van der Waals surface area contributed by atoms with E-state index in [-0.39, 0.29) is 6.61 Å². The summed E-state index contributed by atoms with van der Waals surface area (Å²) in [5.74, 6) is 0. The Kier molecular flexibility index (Phi) is 205. The van der Waals surface area contributed by atoms with Crippen LogP contribution in [0.3, 0.4) is 0 Å². The zero-order valence-electron chi connectivity index (χ0n) is 5.26. The fourth-order valence-corrected chi connectivity index (χ4v) is 0. The summed E-state index contributed by atoms with van der Waals surface area (Å²) in [6.07, 6.45) is 0.750. The molecule has 0 aliphatic heterocycles. The van der Waals surface area contributed by atoms with Gasteiger partial charge in [0.05, 0.1) is 0 Å². The van der Waals surface area contributed by atoms with Gasteiger partial charge in [0.25, 0.3) is 0 Å². The van der Waals surface area contributed by atoms with E-state index in [0.717, 1.165) is 6.29 Å². The summed E-state index contributed by atoms with van der Waals surface area (Å²) in [7, 11) is 0. The monoisotopic (exact) mass is 120 g/mol. The molecule has 3 nitrogen and oxygen atoms in total. The number of carbonyl (C=O) groups excluding carboxylic acids is 2. The maximum atomic E-state index is 8.81. The molecule has 0 rings (SSSR count). The number of rotatable bonds is 0. The highest BCUT2D eigenvalue weighted by Crippen LogP contribution is 1.30. The second kappa shape index (κ2) is 105. The molecule has 0 unspecified atom stereocenters. The summed E-state index contributed by atoms with van der Waals surface area (Å²) in [5, 5.41) is 7.57. The first kappa shape index (κ1) is 15.7. The van der Waals surface area contributed by atoms with E-state index in [9.17, 15) is 0 Å². The molecule has 50 valence electrons. The number of aliphatic hydroxyl groups is 1. The highest BCUT2D eigenvalue weighted by atomic mass is 16.2. The van der Waals surface area contributed by atoms with Gasteiger partial charge in [-0.1, -0.05) is 0 Å². The molecule has 0 aromatic heterocycles. The first-order valence-corrected chi connectivity index (χ1v) is 2.13. The van der Waals surface area contributed by atoms with Crippen molar-refractivity contribution in [2.75, 3.05) is 6.61 Å². The molecule has 8 heavy (non-hydrogen) atoms. The van der Waals surface area contributed by atoms with Crippen LogP contribution < -0.4 is 0 Å². The van der Waals surface area contributed by atoms with Crippen LogP contribution in [0, 0.1) is 0 Å². The highest BCUT2D eigenvalue weighted by molar-refractivity contribution is 5.44. The van der Waals surface area contributed by atoms with E-state index in [1.807, 2.05) is 6.79 Å². The van der Waals surface area contributed by atoms with Gasteiger partial charge in [-0.05, 0) is 13.8 Å². The van der Waals surface area contributed by atoms with Crippen LogP contribution in [-0.4, -0.2) is 24.8 Å². The summed E-state index contributed by atoms with van der Waals surface area (Å²) in [4.78, 5) is 16.8. The third kappa shape index (κ3) is 200. The first-order chi connectivity index (χ1) is 3.83. The summed E-state index contributed by atoms with van der Waals surface area (Å²) in [6, 6.07) is 0. The maximum Gasteiger partial charge on any atom is 0.116 e. The van der Waals surface area contributed by atoms with Crippen molar-refractivity contribution in [1.29, 1.82) is 0 Å². The average Bonchev–Trinajstić information content (AvgIpc) is 1.75. The van der Waals surface area contributed by atoms with Crippen molar-refractivity contribution in [2.24, 2.45) is 0 Å². The van der Waals surface area contributed by atoms with Gasteiger partial charge in [-0.15, -0.1) is 0 Å². The molecule has 0 saturated heterocycles. The Morgan fingerprint density at radius 1 is 1.62 bits per heavy atom. The fourth-order valence-electron chi connectivity index (χ4n) is 0. The predicted octanol–water partition coefficient (Wildman–Crippen LogP) is 0.0189. The molecule has 0 heterocycles. The average molecular weight is 120 g/mol. The minimum atomic E-state index is 0.250. The Hall–Kier alpha value is -0.700. The van der Waals surface area contributed by atoms with Gasteiger partial charge in [0, 0.05) is 6.61 Å². The third-order valence-electron chi connectivity index (χ3n) is 0. The number of aliphatic hydroxyl groups excluding tert-OH is 1. The SMILES string of the molecule is C=O.CC=O.CCO. The molecule has 0 bridgehead atoms. The third-order valence-corrected chi connectivity index (χ3v) is 0. The van der Waals surface area contributed by atoms with Gasteiger partial charge in [-0.3, -0.25) is 0 Å². The molecule has 0 amide bonds. The van der Waals surface area contributed by atoms with Gasteiger partial charge in [0.2, 0.25) is 0 Å². The second-order valence-corrected chi connectivity index (χ2v) is 0.552. The first-order valence-electron chi connectivity index (χ1n) is 2.13. The molecular weight excluding hydrogens is 108 g/mol. The molecule has 0 radical (unpaired) electrons. The normalized spacial score (nSPS) is 4.38. The van der Waals surface area contributed by atoms with Crippen LogP contribution in [0.2, 0.25) is 0 Å².